The van der Waals surface area contributed by atoms with Crippen LogP contribution in [0.4, 0.5) is 0 Å². The van der Waals surface area contributed by atoms with Crippen LogP contribution in [0.15, 0.2) is 11.6 Å². The zero-order valence-corrected chi connectivity index (χ0v) is 15.6. The number of esters is 2. The molecule has 0 aromatic carbocycles. The second-order valence-electron chi connectivity index (χ2n) is 9.60. The summed E-state index contributed by atoms with van der Waals surface area (Å²) in [6.45, 7) is 4.32. The minimum atomic E-state index is -1.75. The fourth-order valence-corrected chi connectivity index (χ4v) is 6.75. The lowest BCUT2D eigenvalue weighted by Crippen LogP contribution is -2.68. The SMILES string of the molecule is C[C@@]12C(=O)O[C@H]3[C@@H]1[C@@](C)(C1=CC(=O)O[C@H]([C@@](C)(O)CO)[C@]14O[C@H]34)[C@H]1O[C@H]1[C@@H]2O. The van der Waals surface area contributed by atoms with Crippen LogP contribution in [0.1, 0.15) is 20.8 Å². The summed E-state index contributed by atoms with van der Waals surface area (Å²) in [6, 6.07) is 0. The van der Waals surface area contributed by atoms with Crippen molar-refractivity contribution in [2.75, 3.05) is 6.61 Å². The molecule has 0 unspecified atom stereocenters. The molecular formula is C19H22O9. The van der Waals surface area contributed by atoms with Gasteiger partial charge in [-0.3, -0.25) is 4.79 Å². The fraction of sp³-hybridized carbons (Fsp3) is 0.789. The predicted octanol–water partition coefficient (Wildman–Crippen LogP) is -1.57. The Morgan fingerprint density at radius 2 is 1.86 bits per heavy atom. The van der Waals surface area contributed by atoms with E-state index >= 15 is 0 Å². The molecule has 4 heterocycles. The summed E-state index contributed by atoms with van der Waals surface area (Å²) >= 11 is 0. The van der Waals surface area contributed by atoms with Gasteiger partial charge >= 0.3 is 11.9 Å². The Hall–Kier alpha value is -1.52. The zero-order valence-electron chi connectivity index (χ0n) is 15.6. The minimum Gasteiger partial charge on any atom is -0.459 e. The second-order valence-corrected chi connectivity index (χ2v) is 9.60. The second kappa shape index (κ2) is 4.46. The summed E-state index contributed by atoms with van der Waals surface area (Å²) in [5.74, 6) is -1.62. The first-order valence-corrected chi connectivity index (χ1v) is 9.53. The van der Waals surface area contributed by atoms with Crippen LogP contribution in [0, 0.1) is 16.7 Å². The molecule has 152 valence electrons. The van der Waals surface area contributed by atoms with E-state index in [0.29, 0.717) is 5.57 Å². The van der Waals surface area contributed by atoms with E-state index in [9.17, 15) is 24.9 Å². The van der Waals surface area contributed by atoms with Crippen molar-refractivity contribution in [1.29, 1.82) is 0 Å². The molecule has 9 heteroatoms. The number of carbonyl (C=O) groups is 2. The Kier molecular flexibility index (Phi) is 2.77. The fourth-order valence-electron chi connectivity index (χ4n) is 6.75. The highest BCUT2D eigenvalue weighted by molar-refractivity contribution is 5.88. The third-order valence-corrected chi connectivity index (χ3v) is 8.10. The maximum absolute atomic E-state index is 12.9. The van der Waals surface area contributed by atoms with Crippen molar-refractivity contribution in [2.45, 2.75) is 68.6 Å². The van der Waals surface area contributed by atoms with Gasteiger partial charge in [-0.1, -0.05) is 6.92 Å². The largest absolute Gasteiger partial charge is 0.459 e. The third-order valence-electron chi connectivity index (χ3n) is 8.10. The Morgan fingerprint density at radius 3 is 2.54 bits per heavy atom. The number of carbonyl (C=O) groups excluding carboxylic acids is 2. The number of fused-ring (bicyclic) bond motifs is 4. The predicted molar refractivity (Wildman–Crippen MR) is 87.5 cm³/mol. The molecule has 3 N–H and O–H groups in total. The van der Waals surface area contributed by atoms with Gasteiger partial charge in [0.2, 0.25) is 0 Å². The van der Waals surface area contributed by atoms with E-state index in [4.69, 9.17) is 18.9 Å². The quantitative estimate of drug-likeness (QED) is 0.374. The number of hydrogen-bond donors (Lipinski definition) is 3. The first-order valence-electron chi connectivity index (χ1n) is 9.53. The molecule has 6 rings (SSSR count). The molecule has 28 heavy (non-hydrogen) atoms. The van der Waals surface area contributed by atoms with Gasteiger partial charge < -0.3 is 34.3 Å². The van der Waals surface area contributed by atoms with Gasteiger partial charge in [0.1, 0.15) is 29.3 Å². The maximum atomic E-state index is 12.9. The number of hydrogen-bond acceptors (Lipinski definition) is 9. The van der Waals surface area contributed by atoms with E-state index in [-0.39, 0.29) is 0 Å². The summed E-state index contributed by atoms with van der Waals surface area (Å²) < 4.78 is 23.0. The number of ether oxygens (including phenoxy) is 4. The van der Waals surface area contributed by atoms with Crippen LogP contribution in [0.2, 0.25) is 0 Å². The number of aliphatic hydroxyl groups excluding tert-OH is 2. The van der Waals surface area contributed by atoms with Gasteiger partial charge in [-0.25, -0.2) is 4.79 Å². The van der Waals surface area contributed by atoms with Crippen molar-refractivity contribution < 1.29 is 43.9 Å². The van der Waals surface area contributed by atoms with Crippen molar-refractivity contribution >= 4 is 11.9 Å². The van der Waals surface area contributed by atoms with E-state index < -0.39 is 83.1 Å². The highest BCUT2D eigenvalue weighted by Gasteiger charge is 2.89. The molecule has 5 fully saturated rings. The zero-order chi connectivity index (χ0) is 20.0. The average molecular weight is 394 g/mol. The monoisotopic (exact) mass is 394 g/mol. The Balaban J connectivity index is 1.58. The normalized spacial score (nSPS) is 59.5. The third kappa shape index (κ3) is 1.51. The van der Waals surface area contributed by atoms with Gasteiger partial charge in [0, 0.05) is 17.4 Å². The van der Waals surface area contributed by atoms with Gasteiger partial charge in [0.05, 0.1) is 18.8 Å². The molecule has 11 atom stereocenters. The summed E-state index contributed by atoms with van der Waals surface area (Å²) in [4.78, 5) is 25.3. The van der Waals surface area contributed by atoms with Gasteiger partial charge in [0.25, 0.3) is 0 Å². The van der Waals surface area contributed by atoms with Crippen LogP contribution in [0.5, 0.6) is 0 Å². The lowest BCUT2D eigenvalue weighted by atomic mass is 9.46. The van der Waals surface area contributed by atoms with Gasteiger partial charge in [-0.05, 0) is 19.4 Å². The first kappa shape index (κ1) is 17.3. The standard InChI is InChI=1S/C19H22O9/c1-16(24,5-20)14-19-6(4-7(21)25-14)17(2)10-8(13(19)28-19)27-15(23)18(10,3)11(22)9-12(17)26-9/h4,8-14,20,22,24H,5H2,1-3H3/t8-,9-,10+,11-,12-,13+,14+,16-,17+,18+,19-/m0/s1. The molecule has 9 nitrogen and oxygen atoms in total. The average Bonchev–Trinajstić information content (AvgIpc) is 3.53. The van der Waals surface area contributed by atoms with E-state index in [0.717, 1.165) is 0 Å². The number of aliphatic hydroxyl groups is 3. The van der Waals surface area contributed by atoms with E-state index in [1.165, 1.54) is 13.0 Å². The van der Waals surface area contributed by atoms with Gasteiger partial charge in [0.15, 0.2) is 11.7 Å². The smallest absolute Gasteiger partial charge is 0.331 e. The van der Waals surface area contributed by atoms with E-state index in [1.807, 2.05) is 6.92 Å². The molecule has 4 aliphatic heterocycles. The van der Waals surface area contributed by atoms with E-state index in [2.05, 4.69) is 0 Å². The van der Waals surface area contributed by atoms with Gasteiger partial charge in [-0.15, -0.1) is 0 Å². The topological polar surface area (TPSA) is 138 Å². The lowest BCUT2D eigenvalue weighted by Gasteiger charge is -2.54. The lowest BCUT2D eigenvalue weighted by molar-refractivity contribution is -0.178. The van der Waals surface area contributed by atoms with Crippen LogP contribution in [0.3, 0.4) is 0 Å². The molecule has 0 aromatic heterocycles. The summed E-state index contributed by atoms with van der Waals surface area (Å²) in [5.41, 5.74) is -4.37. The highest BCUT2D eigenvalue weighted by Crippen LogP contribution is 2.75. The van der Waals surface area contributed by atoms with Crippen LogP contribution in [-0.2, 0) is 28.5 Å². The maximum Gasteiger partial charge on any atom is 0.331 e. The molecule has 0 radical (unpaired) electrons. The molecule has 0 bridgehead atoms. The van der Waals surface area contributed by atoms with Gasteiger partial charge in [-0.2, -0.15) is 0 Å². The van der Waals surface area contributed by atoms with Crippen molar-refractivity contribution in [1.82, 2.24) is 0 Å². The van der Waals surface area contributed by atoms with Crippen molar-refractivity contribution in [3.8, 4) is 0 Å². The number of cyclic esters (lactones) is 1. The molecule has 2 aliphatic carbocycles. The van der Waals surface area contributed by atoms with Crippen molar-refractivity contribution in [3.63, 3.8) is 0 Å². The van der Waals surface area contributed by atoms with Crippen LogP contribution < -0.4 is 0 Å². The molecular weight excluding hydrogens is 372 g/mol. The number of epoxide rings is 2. The van der Waals surface area contributed by atoms with Crippen molar-refractivity contribution in [2.24, 2.45) is 16.7 Å². The molecule has 3 saturated heterocycles. The van der Waals surface area contributed by atoms with Crippen molar-refractivity contribution in [3.05, 3.63) is 11.6 Å². The van der Waals surface area contributed by atoms with Crippen LogP contribution >= 0.6 is 0 Å². The summed E-state index contributed by atoms with van der Waals surface area (Å²) in [7, 11) is 0. The molecule has 0 amide bonds. The molecule has 6 aliphatic rings. The molecule has 1 spiro atoms. The Morgan fingerprint density at radius 1 is 1.14 bits per heavy atom. The minimum absolute atomic E-state index is 0.406. The van der Waals surface area contributed by atoms with E-state index in [1.54, 1.807) is 6.92 Å². The molecule has 2 saturated carbocycles. The first-order chi connectivity index (χ1) is 13.0. The molecule has 0 aromatic rings. The highest BCUT2D eigenvalue weighted by atomic mass is 16.7. The Labute approximate surface area is 160 Å². The van der Waals surface area contributed by atoms with Crippen LogP contribution in [0.25, 0.3) is 0 Å². The Bertz CT molecular complexity index is 865. The summed E-state index contributed by atoms with van der Waals surface area (Å²) in [5, 5.41) is 31.3. The summed E-state index contributed by atoms with van der Waals surface area (Å²) in [6.07, 6.45) is -3.06. The van der Waals surface area contributed by atoms with Crippen LogP contribution in [-0.4, -0.2) is 81.7 Å². The number of rotatable bonds is 2.